The minimum absolute atomic E-state index is 0.141. The maximum absolute atomic E-state index is 13.1. The smallest absolute Gasteiger partial charge is 0.272 e. The number of nitrogens with zero attached hydrogens (tertiary/aromatic N) is 3. The highest BCUT2D eigenvalue weighted by Crippen LogP contribution is 2.18. The van der Waals surface area contributed by atoms with Crippen LogP contribution in [0.4, 0.5) is 0 Å². The van der Waals surface area contributed by atoms with Crippen LogP contribution < -0.4 is 5.56 Å². The first kappa shape index (κ1) is 19.5. The molecule has 0 saturated carbocycles. The molecule has 0 bridgehead atoms. The molecular weight excluding hydrogens is 382 g/mol. The summed E-state index contributed by atoms with van der Waals surface area (Å²) in [6.45, 7) is 0.830. The van der Waals surface area contributed by atoms with Crippen molar-refractivity contribution in [3.8, 4) is 11.3 Å². The lowest BCUT2D eigenvalue weighted by molar-refractivity contribution is 0.0669. The number of para-hydroxylation sites is 1. The number of hydrogen-bond acceptors (Lipinski definition) is 5. The standard InChI is InChI=1S/C22H21N5O3/c1-30-12-11-27(14-20-23-17-10-6-5-9-16(17)21(28)24-20)22(29)19-13-18(25-26-19)15-7-3-2-4-8-15/h2-10,13H,11-12,14H2,1H3,(H,25,26)(H,23,24,28). The average Bonchev–Trinajstić information content (AvgIpc) is 3.27. The third-order valence-electron chi connectivity index (χ3n) is 4.73. The first-order chi connectivity index (χ1) is 14.7. The molecule has 4 rings (SSSR count). The molecule has 30 heavy (non-hydrogen) atoms. The van der Waals surface area contributed by atoms with Gasteiger partial charge >= 0.3 is 0 Å². The van der Waals surface area contributed by atoms with Gasteiger partial charge in [-0.25, -0.2) is 4.98 Å². The van der Waals surface area contributed by atoms with E-state index in [4.69, 9.17) is 4.74 Å². The Morgan fingerprint density at radius 2 is 1.87 bits per heavy atom. The van der Waals surface area contributed by atoms with Gasteiger partial charge in [-0.2, -0.15) is 5.10 Å². The van der Waals surface area contributed by atoms with Crippen molar-refractivity contribution in [3.63, 3.8) is 0 Å². The zero-order valence-electron chi connectivity index (χ0n) is 16.5. The summed E-state index contributed by atoms with van der Waals surface area (Å²) < 4.78 is 5.15. The molecule has 0 saturated heterocycles. The predicted molar refractivity (Wildman–Crippen MR) is 113 cm³/mol. The van der Waals surface area contributed by atoms with Gasteiger partial charge in [0.1, 0.15) is 11.5 Å². The molecule has 4 aromatic rings. The van der Waals surface area contributed by atoms with E-state index >= 15 is 0 Å². The number of hydrogen-bond donors (Lipinski definition) is 2. The Balaban J connectivity index is 1.60. The van der Waals surface area contributed by atoms with Crippen LogP contribution >= 0.6 is 0 Å². The van der Waals surface area contributed by atoms with Gasteiger partial charge in [0, 0.05) is 19.2 Å². The quantitative estimate of drug-likeness (QED) is 0.494. The summed E-state index contributed by atoms with van der Waals surface area (Å²) >= 11 is 0. The van der Waals surface area contributed by atoms with E-state index in [0.717, 1.165) is 5.56 Å². The number of amides is 1. The molecule has 8 heteroatoms. The lowest BCUT2D eigenvalue weighted by Gasteiger charge is -2.21. The van der Waals surface area contributed by atoms with Crippen LogP contribution in [-0.4, -0.2) is 51.2 Å². The summed E-state index contributed by atoms with van der Waals surface area (Å²) in [4.78, 5) is 34.3. The molecule has 0 unspecified atom stereocenters. The minimum atomic E-state index is -0.252. The normalized spacial score (nSPS) is 11.0. The van der Waals surface area contributed by atoms with E-state index in [1.54, 1.807) is 36.3 Å². The first-order valence-corrected chi connectivity index (χ1v) is 9.52. The molecule has 2 aromatic carbocycles. The van der Waals surface area contributed by atoms with Crippen LogP contribution in [0.15, 0.2) is 65.5 Å². The van der Waals surface area contributed by atoms with Gasteiger partial charge in [0.15, 0.2) is 0 Å². The largest absolute Gasteiger partial charge is 0.383 e. The van der Waals surface area contributed by atoms with E-state index in [0.29, 0.717) is 41.3 Å². The Bertz CT molecular complexity index is 1220. The SMILES string of the molecule is COCCN(Cc1nc2ccccc2c(=O)[nH]1)C(=O)c1cc(-c2ccccc2)n[nH]1. The molecule has 0 radical (unpaired) electrons. The summed E-state index contributed by atoms with van der Waals surface area (Å²) in [5, 5.41) is 7.58. The van der Waals surface area contributed by atoms with Crippen molar-refractivity contribution < 1.29 is 9.53 Å². The van der Waals surface area contributed by atoms with Crippen LogP contribution in [0.25, 0.3) is 22.2 Å². The Hall–Kier alpha value is -3.78. The fourth-order valence-corrected chi connectivity index (χ4v) is 3.20. The van der Waals surface area contributed by atoms with Crippen LogP contribution in [0, 0.1) is 0 Å². The topological polar surface area (TPSA) is 104 Å². The van der Waals surface area contributed by atoms with Crippen molar-refractivity contribution in [1.29, 1.82) is 0 Å². The van der Waals surface area contributed by atoms with Gasteiger partial charge < -0.3 is 14.6 Å². The van der Waals surface area contributed by atoms with Crippen molar-refractivity contribution in [1.82, 2.24) is 25.1 Å². The van der Waals surface area contributed by atoms with Crippen LogP contribution in [0.2, 0.25) is 0 Å². The van der Waals surface area contributed by atoms with Crippen LogP contribution in [-0.2, 0) is 11.3 Å². The summed E-state index contributed by atoms with van der Waals surface area (Å²) in [6, 6.07) is 18.4. The highest BCUT2D eigenvalue weighted by molar-refractivity contribution is 5.93. The molecule has 8 nitrogen and oxygen atoms in total. The van der Waals surface area contributed by atoms with Gasteiger partial charge in [-0.3, -0.25) is 14.7 Å². The van der Waals surface area contributed by atoms with Gasteiger partial charge in [-0.05, 0) is 18.2 Å². The van der Waals surface area contributed by atoms with E-state index in [-0.39, 0.29) is 18.0 Å². The van der Waals surface area contributed by atoms with Crippen molar-refractivity contribution >= 4 is 16.8 Å². The maximum atomic E-state index is 13.1. The molecular formula is C22H21N5O3. The number of fused-ring (bicyclic) bond motifs is 1. The van der Waals surface area contributed by atoms with E-state index in [1.165, 1.54) is 0 Å². The number of nitrogens with one attached hydrogen (secondary N) is 2. The van der Waals surface area contributed by atoms with Gasteiger partial charge in [0.25, 0.3) is 11.5 Å². The number of aromatic amines is 2. The number of carbonyl (C=O) groups is 1. The van der Waals surface area contributed by atoms with E-state index < -0.39 is 0 Å². The summed E-state index contributed by atoms with van der Waals surface area (Å²) in [6.07, 6.45) is 0. The summed E-state index contributed by atoms with van der Waals surface area (Å²) in [5.74, 6) is 0.156. The lowest BCUT2D eigenvalue weighted by Crippen LogP contribution is -2.35. The van der Waals surface area contributed by atoms with Crippen molar-refractivity contribution in [2.45, 2.75) is 6.54 Å². The molecule has 0 aliphatic heterocycles. The third kappa shape index (κ3) is 4.13. The third-order valence-corrected chi connectivity index (χ3v) is 4.73. The van der Waals surface area contributed by atoms with Crippen molar-refractivity contribution in [3.05, 3.63) is 82.5 Å². The maximum Gasteiger partial charge on any atom is 0.272 e. The monoisotopic (exact) mass is 403 g/mol. The van der Waals surface area contributed by atoms with E-state index in [9.17, 15) is 9.59 Å². The van der Waals surface area contributed by atoms with Crippen molar-refractivity contribution in [2.24, 2.45) is 0 Å². The molecule has 2 N–H and O–H groups in total. The highest BCUT2D eigenvalue weighted by atomic mass is 16.5. The zero-order chi connectivity index (χ0) is 20.9. The molecule has 0 aliphatic carbocycles. The summed E-state index contributed by atoms with van der Waals surface area (Å²) in [7, 11) is 1.57. The van der Waals surface area contributed by atoms with Crippen molar-refractivity contribution in [2.75, 3.05) is 20.3 Å². The van der Waals surface area contributed by atoms with Gasteiger partial charge in [-0.15, -0.1) is 0 Å². The highest BCUT2D eigenvalue weighted by Gasteiger charge is 2.20. The van der Waals surface area contributed by atoms with Crippen LogP contribution in [0.3, 0.4) is 0 Å². The second kappa shape index (κ2) is 8.71. The van der Waals surface area contributed by atoms with Gasteiger partial charge in [0.05, 0.1) is 29.7 Å². The minimum Gasteiger partial charge on any atom is -0.383 e. The van der Waals surface area contributed by atoms with Crippen LogP contribution in [0.1, 0.15) is 16.3 Å². The molecule has 0 aliphatic rings. The number of methoxy groups -OCH3 is 1. The predicted octanol–water partition coefficient (Wildman–Crippen LogP) is 2.60. The molecule has 0 fully saturated rings. The Kier molecular flexibility index (Phi) is 5.67. The summed E-state index contributed by atoms with van der Waals surface area (Å²) in [5.41, 5.74) is 2.30. The fraction of sp³-hybridized carbons (Fsp3) is 0.182. The Labute approximate surface area is 172 Å². The van der Waals surface area contributed by atoms with Gasteiger partial charge in [-0.1, -0.05) is 42.5 Å². The number of benzene rings is 2. The Morgan fingerprint density at radius 3 is 2.67 bits per heavy atom. The second-order valence-electron chi connectivity index (χ2n) is 6.78. The fourth-order valence-electron chi connectivity index (χ4n) is 3.20. The number of ether oxygens (including phenoxy) is 1. The molecule has 2 aromatic heterocycles. The first-order valence-electron chi connectivity index (χ1n) is 9.52. The Morgan fingerprint density at radius 1 is 1.10 bits per heavy atom. The van der Waals surface area contributed by atoms with Crippen LogP contribution in [0.5, 0.6) is 0 Å². The molecule has 0 spiro atoms. The number of aromatic nitrogens is 4. The lowest BCUT2D eigenvalue weighted by atomic mass is 10.1. The molecule has 152 valence electrons. The zero-order valence-corrected chi connectivity index (χ0v) is 16.5. The number of carbonyl (C=O) groups excluding carboxylic acids is 1. The molecule has 1 amide bonds. The van der Waals surface area contributed by atoms with E-state index in [2.05, 4.69) is 20.2 Å². The van der Waals surface area contributed by atoms with E-state index in [1.807, 2.05) is 36.4 Å². The second-order valence-corrected chi connectivity index (χ2v) is 6.78. The van der Waals surface area contributed by atoms with Gasteiger partial charge in [0.2, 0.25) is 0 Å². The average molecular weight is 403 g/mol. The molecule has 2 heterocycles. The number of rotatable bonds is 7. The number of H-pyrrole nitrogens is 2. The molecule has 0 atom stereocenters.